The molecule has 0 unspecified atom stereocenters. The molecule has 0 atom stereocenters. The predicted octanol–water partition coefficient (Wildman–Crippen LogP) is 0.209. The molecular weight excluding hydrogens is 182 g/mol. The summed E-state index contributed by atoms with van der Waals surface area (Å²) in [5.41, 5.74) is 0.711. The van der Waals surface area contributed by atoms with Crippen molar-refractivity contribution in [1.29, 1.82) is 0 Å². The molecule has 5 nitrogen and oxygen atoms in total. The van der Waals surface area contributed by atoms with Crippen molar-refractivity contribution in [2.45, 2.75) is 19.9 Å². The van der Waals surface area contributed by atoms with Crippen molar-refractivity contribution in [3.63, 3.8) is 0 Å². The quantitative estimate of drug-likeness (QED) is 0.631. The van der Waals surface area contributed by atoms with E-state index in [2.05, 4.69) is 5.10 Å². The molecule has 74 valence electrons. The second-order valence-corrected chi connectivity index (χ2v) is 3.25. The van der Waals surface area contributed by atoms with E-state index in [0.29, 0.717) is 5.69 Å². The Balaban J connectivity index is 2.22. The Morgan fingerprint density at radius 3 is 2.79 bits per heavy atom. The first-order valence-corrected chi connectivity index (χ1v) is 4.55. The fraction of sp³-hybridized carbons (Fsp3) is 0.444. The Bertz CT molecular complexity index is 383. The molecule has 1 saturated heterocycles. The van der Waals surface area contributed by atoms with E-state index in [1.807, 2.05) is 6.92 Å². The number of ketones is 1. The lowest BCUT2D eigenvalue weighted by Gasteiger charge is -2.10. The van der Waals surface area contributed by atoms with E-state index in [0.717, 1.165) is 6.54 Å². The maximum absolute atomic E-state index is 11.4. The van der Waals surface area contributed by atoms with Crippen molar-refractivity contribution in [1.82, 2.24) is 9.78 Å². The lowest BCUT2D eigenvalue weighted by atomic mass is 10.3. The van der Waals surface area contributed by atoms with Crippen LogP contribution in [0.3, 0.4) is 0 Å². The van der Waals surface area contributed by atoms with Crippen molar-refractivity contribution < 1.29 is 9.59 Å². The highest BCUT2D eigenvalue weighted by Gasteiger charge is 2.29. The van der Waals surface area contributed by atoms with Gasteiger partial charge in [-0.05, 0) is 6.92 Å². The highest BCUT2D eigenvalue weighted by Crippen LogP contribution is 2.18. The zero-order chi connectivity index (χ0) is 10.1. The molecule has 0 N–H and O–H groups in total. The van der Waals surface area contributed by atoms with Crippen LogP contribution in [0.15, 0.2) is 12.4 Å². The Labute approximate surface area is 81.3 Å². The Morgan fingerprint density at radius 1 is 1.50 bits per heavy atom. The molecule has 1 aromatic rings. The predicted molar refractivity (Wildman–Crippen MR) is 49.9 cm³/mol. The van der Waals surface area contributed by atoms with Gasteiger partial charge in [-0.2, -0.15) is 5.10 Å². The molecule has 1 aliphatic heterocycles. The average molecular weight is 193 g/mol. The summed E-state index contributed by atoms with van der Waals surface area (Å²) in [6.07, 6.45) is 3.41. The Morgan fingerprint density at radius 2 is 2.29 bits per heavy atom. The van der Waals surface area contributed by atoms with Gasteiger partial charge in [-0.25, -0.2) is 0 Å². The third-order valence-electron chi connectivity index (χ3n) is 2.24. The van der Waals surface area contributed by atoms with Crippen LogP contribution in [0.1, 0.15) is 13.3 Å². The van der Waals surface area contributed by atoms with Gasteiger partial charge in [-0.1, -0.05) is 0 Å². The van der Waals surface area contributed by atoms with E-state index in [9.17, 15) is 9.59 Å². The van der Waals surface area contributed by atoms with E-state index < -0.39 is 0 Å². The number of anilines is 1. The molecule has 2 rings (SSSR count). The first kappa shape index (κ1) is 8.93. The molecule has 2 heterocycles. The molecule has 0 aliphatic carbocycles. The highest BCUT2D eigenvalue weighted by atomic mass is 16.2. The number of carbonyl (C=O) groups is 2. The highest BCUT2D eigenvalue weighted by molar-refractivity contribution is 6.14. The van der Waals surface area contributed by atoms with Crippen LogP contribution in [0.25, 0.3) is 0 Å². The SMILES string of the molecule is CCn1cc(N2CC(=O)CC2=O)cn1. The van der Waals surface area contributed by atoms with E-state index in [1.54, 1.807) is 17.1 Å². The maximum atomic E-state index is 11.4. The number of Topliss-reactive ketones (excluding diaryl/α,β-unsaturated/α-hetero) is 1. The van der Waals surface area contributed by atoms with Crippen LogP contribution in [0.5, 0.6) is 0 Å². The molecule has 1 aliphatic rings. The van der Waals surface area contributed by atoms with Gasteiger partial charge in [0, 0.05) is 12.7 Å². The summed E-state index contributed by atoms with van der Waals surface area (Å²) in [6, 6.07) is 0. The lowest BCUT2D eigenvalue weighted by Crippen LogP contribution is -2.23. The smallest absolute Gasteiger partial charge is 0.235 e. The van der Waals surface area contributed by atoms with E-state index in [4.69, 9.17) is 0 Å². The second-order valence-electron chi connectivity index (χ2n) is 3.25. The first-order chi connectivity index (χ1) is 6.70. The number of carbonyl (C=O) groups excluding carboxylic acids is 2. The lowest BCUT2D eigenvalue weighted by molar-refractivity contribution is -0.121. The van der Waals surface area contributed by atoms with Crippen LogP contribution in [-0.2, 0) is 16.1 Å². The van der Waals surface area contributed by atoms with Crippen molar-refractivity contribution in [2.24, 2.45) is 0 Å². The summed E-state index contributed by atoms with van der Waals surface area (Å²) in [6.45, 7) is 2.91. The molecule has 1 aromatic heterocycles. The number of aromatic nitrogens is 2. The summed E-state index contributed by atoms with van der Waals surface area (Å²) in [4.78, 5) is 23.8. The third-order valence-corrected chi connectivity index (χ3v) is 2.24. The zero-order valence-corrected chi connectivity index (χ0v) is 7.93. The molecule has 0 saturated carbocycles. The van der Waals surface area contributed by atoms with Gasteiger partial charge < -0.3 is 4.90 Å². The van der Waals surface area contributed by atoms with Gasteiger partial charge in [0.05, 0.1) is 24.8 Å². The van der Waals surface area contributed by atoms with Crippen LogP contribution in [0, 0.1) is 0 Å². The molecule has 0 radical (unpaired) electrons. The fourth-order valence-electron chi connectivity index (χ4n) is 1.48. The number of hydrogen-bond donors (Lipinski definition) is 0. The number of hydrogen-bond acceptors (Lipinski definition) is 3. The van der Waals surface area contributed by atoms with Crippen molar-refractivity contribution in [2.75, 3.05) is 11.4 Å². The summed E-state index contributed by atoms with van der Waals surface area (Å²) in [7, 11) is 0. The first-order valence-electron chi connectivity index (χ1n) is 4.55. The van der Waals surface area contributed by atoms with Crippen molar-refractivity contribution >= 4 is 17.4 Å². The standard InChI is InChI=1S/C9H11N3O2/c1-2-11-5-7(4-10-11)12-6-8(13)3-9(12)14/h4-5H,2-3,6H2,1H3. The molecule has 0 spiro atoms. The summed E-state index contributed by atoms with van der Waals surface area (Å²) in [5.74, 6) is -0.162. The van der Waals surface area contributed by atoms with Crippen LogP contribution in [0.2, 0.25) is 0 Å². The summed E-state index contributed by atoms with van der Waals surface area (Å²) < 4.78 is 1.73. The van der Waals surface area contributed by atoms with Gasteiger partial charge in [0.15, 0.2) is 5.78 Å². The minimum atomic E-state index is -0.134. The zero-order valence-electron chi connectivity index (χ0n) is 7.93. The number of amides is 1. The maximum Gasteiger partial charge on any atom is 0.235 e. The summed E-state index contributed by atoms with van der Waals surface area (Å²) >= 11 is 0. The largest absolute Gasteiger partial charge is 0.302 e. The summed E-state index contributed by atoms with van der Waals surface area (Å²) in [5, 5.41) is 4.05. The van der Waals surface area contributed by atoms with Gasteiger partial charge in [0.25, 0.3) is 0 Å². The normalized spacial score (nSPS) is 16.8. The van der Waals surface area contributed by atoms with Crippen LogP contribution >= 0.6 is 0 Å². The van der Waals surface area contributed by atoms with E-state index >= 15 is 0 Å². The second kappa shape index (κ2) is 3.25. The molecular formula is C9H11N3O2. The molecule has 1 fully saturated rings. The van der Waals surface area contributed by atoms with Gasteiger partial charge in [0.2, 0.25) is 5.91 Å². The molecule has 1 amide bonds. The third kappa shape index (κ3) is 1.41. The number of nitrogens with zero attached hydrogens (tertiary/aromatic N) is 3. The van der Waals surface area contributed by atoms with Crippen LogP contribution in [0.4, 0.5) is 5.69 Å². The average Bonchev–Trinajstić information content (AvgIpc) is 2.71. The van der Waals surface area contributed by atoms with E-state index in [-0.39, 0.29) is 24.7 Å². The molecule has 5 heteroatoms. The molecule has 0 aromatic carbocycles. The van der Waals surface area contributed by atoms with Gasteiger partial charge in [0.1, 0.15) is 0 Å². The Kier molecular flexibility index (Phi) is 2.07. The topological polar surface area (TPSA) is 55.2 Å². The Hall–Kier alpha value is -1.65. The van der Waals surface area contributed by atoms with Gasteiger partial charge >= 0.3 is 0 Å². The van der Waals surface area contributed by atoms with E-state index in [1.165, 1.54) is 4.90 Å². The monoisotopic (exact) mass is 193 g/mol. The fourth-order valence-corrected chi connectivity index (χ4v) is 1.48. The van der Waals surface area contributed by atoms with Crippen LogP contribution in [-0.4, -0.2) is 28.0 Å². The van der Waals surface area contributed by atoms with Crippen molar-refractivity contribution in [3.05, 3.63) is 12.4 Å². The molecule has 0 bridgehead atoms. The van der Waals surface area contributed by atoms with Gasteiger partial charge in [-0.15, -0.1) is 0 Å². The van der Waals surface area contributed by atoms with Gasteiger partial charge in [-0.3, -0.25) is 14.3 Å². The molecule has 14 heavy (non-hydrogen) atoms. The number of rotatable bonds is 2. The minimum absolute atomic E-state index is 0.0251. The van der Waals surface area contributed by atoms with Crippen molar-refractivity contribution in [3.8, 4) is 0 Å². The van der Waals surface area contributed by atoms with Crippen LogP contribution < -0.4 is 4.90 Å². The minimum Gasteiger partial charge on any atom is -0.302 e. The number of aryl methyl sites for hydroxylation is 1.